The highest BCUT2D eigenvalue weighted by Gasteiger charge is 1.81. The Morgan fingerprint density at radius 2 is 2.43 bits per heavy atom. The third-order valence-corrected chi connectivity index (χ3v) is 0.285. The molecule has 0 aliphatic rings. The van der Waals surface area contributed by atoms with E-state index in [1.165, 1.54) is 6.92 Å². The van der Waals surface area contributed by atoms with Gasteiger partial charge in [0, 0.05) is 6.92 Å². The van der Waals surface area contributed by atoms with E-state index in [4.69, 9.17) is 0 Å². The van der Waals surface area contributed by atoms with Gasteiger partial charge in [0.2, 0.25) is 0 Å². The van der Waals surface area contributed by atoms with Gasteiger partial charge < -0.3 is 4.74 Å². The topological polar surface area (TPSA) is 26.3 Å². The molecule has 0 fully saturated rings. The van der Waals surface area contributed by atoms with Crippen LogP contribution in [0.25, 0.3) is 0 Å². The molecule has 0 aliphatic heterocycles. The average Bonchev–Trinajstić information content (AvgIpc) is 1.61. The molecule has 0 bridgehead atoms. The molecule has 0 rings (SSSR count). The summed E-state index contributed by atoms with van der Waals surface area (Å²) in [5, 5.41) is 0. The maximum absolute atomic E-state index is 10.9. The average molecular weight is 104 g/mol. The molecule has 0 saturated carbocycles. The normalized spacial score (nSPS) is 9.43. The van der Waals surface area contributed by atoms with Crippen LogP contribution < -0.4 is 0 Å². The van der Waals surface area contributed by atoms with Gasteiger partial charge in [-0.05, 0) is 0 Å². The van der Waals surface area contributed by atoms with Crippen molar-refractivity contribution in [3.63, 3.8) is 0 Å². The van der Waals surface area contributed by atoms with Gasteiger partial charge in [0.1, 0.15) is 12.6 Å². The molecule has 0 N–H and O–H groups in total. The van der Waals surface area contributed by atoms with Crippen LogP contribution in [0.1, 0.15) is 6.92 Å². The summed E-state index contributed by atoms with van der Waals surface area (Å²) in [5.74, 6) is -0.520. The van der Waals surface area contributed by atoms with E-state index in [2.05, 4.69) is 4.74 Å². The fourth-order valence-corrected chi connectivity index (χ4v) is 0.122. The maximum atomic E-state index is 10.9. The lowest BCUT2D eigenvalue weighted by Crippen LogP contribution is -1.88. The summed E-state index contributed by atoms with van der Waals surface area (Å²) in [6.07, 6.45) is 0.837. The van der Waals surface area contributed by atoms with Gasteiger partial charge in [-0.3, -0.25) is 4.79 Å². The Bertz CT molecular complexity index is 87.7. The molecule has 0 aliphatic carbocycles. The molecule has 0 saturated heterocycles. The van der Waals surface area contributed by atoms with E-state index in [0.717, 1.165) is 0 Å². The van der Waals surface area contributed by atoms with Gasteiger partial charge in [0.15, 0.2) is 0 Å². The van der Waals surface area contributed by atoms with Crippen LogP contribution in [0.4, 0.5) is 4.39 Å². The standard InChI is InChI=1S/C4H5FO2/c1-4(6)7-3-2-5/h2-3H,1H3. The zero-order chi connectivity index (χ0) is 5.70. The fraction of sp³-hybridized carbons (Fsp3) is 0.250. The predicted molar refractivity (Wildman–Crippen MR) is 22.0 cm³/mol. The van der Waals surface area contributed by atoms with Crippen molar-refractivity contribution < 1.29 is 13.9 Å². The van der Waals surface area contributed by atoms with Crippen molar-refractivity contribution in [2.45, 2.75) is 6.92 Å². The minimum Gasteiger partial charge on any atom is -0.432 e. The number of rotatable bonds is 1. The van der Waals surface area contributed by atoms with Crippen LogP contribution in [0.3, 0.4) is 0 Å². The van der Waals surface area contributed by atoms with Gasteiger partial charge in [-0.1, -0.05) is 0 Å². The monoisotopic (exact) mass is 104 g/mol. The zero-order valence-corrected chi connectivity index (χ0v) is 3.85. The van der Waals surface area contributed by atoms with Crippen LogP contribution in [-0.4, -0.2) is 5.97 Å². The first kappa shape index (κ1) is 6.14. The molecule has 0 aromatic heterocycles. The molecule has 0 spiro atoms. The van der Waals surface area contributed by atoms with Crippen LogP contribution in [-0.2, 0) is 9.53 Å². The van der Waals surface area contributed by atoms with Crippen molar-refractivity contribution in [1.29, 1.82) is 0 Å². The molecule has 0 aromatic rings. The Hall–Kier alpha value is -0.860. The number of carbonyl (C=O) groups is 1. The highest BCUT2D eigenvalue weighted by molar-refractivity contribution is 5.66. The summed E-state index contributed by atoms with van der Waals surface area (Å²) < 4.78 is 14.9. The summed E-state index contributed by atoms with van der Waals surface area (Å²) in [5.41, 5.74) is 0. The molecule has 0 unspecified atom stereocenters. The molecule has 0 heterocycles. The number of esters is 1. The Balaban J connectivity index is 3.14. The molecule has 2 nitrogen and oxygen atoms in total. The minimum absolute atomic E-state index is 0.154. The lowest BCUT2D eigenvalue weighted by atomic mass is 10.8. The highest BCUT2D eigenvalue weighted by atomic mass is 19.1. The van der Waals surface area contributed by atoms with E-state index >= 15 is 0 Å². The highest BCUT2D eigenvalue weighted by Crippen LogP contribution is 1.77. The Morgan fingerprint density at radius 3 is 2.57 bits per heavy atom. The van der Waals surface area contributed by atoms with Crippen molar-refractivity contribution in [3.8, 4) is 0 Å². The summed E-state index contributed by atoms with van der Waals surface area (Å²) in [7, 11) is 0. The number of hydrogen-bond acceptors (Lipinski definition) is 2. The smallest absolute Gasteiger partial charge is 0.307 e. The molecule has 3 heteroatoms. The van der Waals surface area contributed by atoms with E-state index in [-0.39, 0.29) is 6.33 Å². The van der Waals surface area contributed by atoms with Crippen molar-refractivity contribution in [3.05, 3.63) is 12.6 Å². The first-order valence-corrected chi connectivity index (χ1v) is 1.70. The van der Waals surface area contributed by atoms with Gasteiger partial charge in [0.05, 0.1) is 0 Å². The largest absolute Gasteiger partial charge is 0.432 e. The summed E-state index contributed by atoms with van der Waals surface area (Å²) in [6, 6.07) is 0. The second-order valence-corrected chi connectivity index (χ2v) is 0.872. The van der Waals surface area contributed by atoms with Crippen LogP contribution in [0, 0.1) is 0 Å². The third kappa shape index (κ3) is 5.14. The first-order chi connectivity index (χ1) is 3.27. The quantitative estimate of drug-likeness (QED) is 0.366. The van der Waals surface area contributed by atoms with Gasteiger partial charge in [-0.25, -0.2) is 4.39 Å². The Labute approximate surface area is 40.6 Å². The van der Waals surface area contributed by atoms with Gasteiger partial charge in [-0.15, -0.1) is 0 Å². The number of halogens is 1. The number of hydrogen-bond donors (Lipinski definition) is 0. The molecule has 0 amide bonds. The lowest BCUT2D eigenvalue weighted by Gasteiger charge is -1.84. The zero-order valence-electron chi connectivity index (χ0n) is 3.85. The number of ether oxygens (including phenoxy) is 1. The predicted octanol–water partition coefficient (Wildman–Crippen LogP) is 0.990. The maximum Gasteiger partial charge on any atom is 0.307 e. The van der Waals surface area contributed by atoms with Crippen molar-refractivity contribution in [2.24, 2.45) is 0 Å². The molecule has 40 valence electrons. The summed E-state index contributed by atoms with van der Waals surface area (Å²) in [4.78, 5) is 9.76. The SMILES string of the molecule is CC(=O)OC=CF. The first-order valence-electron chi connectivity index (χ1n) is 1.70. The molecular formula is C4H5FO2. The van der Waals surface area contributed by atoms with E-state index in [0.29, 0.717) is 6.26 Å². The third-order valence-electron chi connectivity index (χ3n) is 0.285. The summed E-state index contributed by atoms with van der Waals surface area (Å²) in [6.45, 7) is 1.19. The van der Waals surface area contributed by atoms with Gasteiger partial charge in [0.25, 0.3) is 0 Å². The van der Waals surface area contributed by atoms with Crippen LogP contribution in [0.2, 0.25) is 0 Å². The lowest BCUT2D eigenvalue weighted by molar-refractivity contribution is -0.135. The molecule has 0 radical (unpaired) electrons. The summed E-state index contributed by atoms with van der Waals surface area (Å²) >= 11 is 0. The van der Waals surface area contributed by atoms with Gasteiger partial charge >= 0.3 is 5.97 Å². The van der Waals surface area contributed by atoms with Crippen LogP contribution >= 0.6 is 0 Å². The fourth-order valence-electron chi connectivity index (χ4n) is 0.122. The van der Waals surface area contributed by atoms with E-state index in [1.54, 1.807) is 0 Å². The van der Waals surface area contributed by atoms with Crippen molar-refractivity contribution in [1.82, 2.24) is 0 Å². The van der Waals surface area contributed by atoms with Gasteiger partial charge in [-0.2, -0.15) is 0 Å². The molecule has 0 aromatic carbocycles. The second-order valence-electron chi connectivity index (χ2n) is 0.872. The van der Waals surface area contributed by atoms with Crippen molar-refractivity contribution in [2.75, 3.05) is 0 Å². The van der Waals surface area contributed by atoms with Crippen LogP contribution in [0.5, 0.6) is 0 Å². The van der Waals surface area contributed by atoms with E-state index < -0.39 is 5.97 Å². The van der Waals surface area contributed by atoms with E-state index in [9.17, 15) is 9.18 Å². The molecular weight excluding hydrogens is 99.0 g/mol. The Kier molecular flexibility index (Phi) is 2.92. The van der Waals surface area contributed by atoms with Crippen LogP contribution in [0.15, 0.2) is 12.6 Å². The van der Waals surface area contributed by atoms with E-state index in [1.807, 2.05) is 0 Å². The van der Waals surface area contributed by atoms with Crippen molar-refractivity contribution >= 4 is 5.97 Å². The minimum atomic E-state index is -0.520. The Morgan fingerprint density at radius 1 is 1.86 bits per heavy atom. The second kappa shape index (κ2) is 3.33. The molecule has 7 heavy (non-hydrogen) atoms. The number of carbonyl (C=O) groups excluding carboxylic acids is 1. The molecule has 0 atom stereocenters.